The van der Waals surface area contributed by atoms with E-state index in [4.69, 9.17) is 11.6 Å². The van der Waals surface area contributed by atoms with Crippen LogP contribution in [-0.4, -0.2) is 10.4 Å². The van der Waals surface area contributed by atoms with Crippen molar-refractivity contribution in [3.05, 3.63) is 168 Å². The zero-order valence-electron chi connectivity index (χ0n) is 25.5. The first-order valence-corrected chi connectivity index (χ1v) is 16.7. The van der Waals surface area contributed by atoms with Crippen LogP contribution < -0.4 is 0 Å². The van der Waals surface area contributed by atoms with Crippen LogP contribution in [0.5, 0.6) is 0 Å². The minimum atomic E-state index is 0.576. The molecule has 0 amide bonds. The molecule has 9 rings (SSSR count). The number of aromatic nitrogens is 1. The molecule has 0 spiro atoms. The topological polar surface area (TPSA) is 4.93 Å². The van der Waals surface area contributed by atoms with Crippen molar-refractivity contribution < 1.29 is 0 Å². The number of hydrogen-bond donors (Lipinski definition) is 0. The summed E-state index contributed by atoms with van der Waals surface area (Å²) in [5.74, 6) is 0.576. The molecule has 9 aromatic rings. The lowest BCUT2D eigenvalue weighted by molar-refractivity contribution is 0.833. The van der Waals surface area contributed by atoms with Crippen LogP contribution in [0.1, 0.15) is 22.3 Å². The standard InChI is InChI=1S/C44H32ClN/c45-21-22-46-43-19-17-29(23-39-35-13-5-1-9-31(35)27-32-10-2-6-14-36(32)39)25-41(43)42-26-30(18-20-44(42)46)24-40-37-15-7-3-11-33(37)28-34-12-4-8-16-38(34)40/h1-20,25-28H,21-24H2. The number of alkyl halides is 1. The van der Waals surface area contributed by atoms with Crippen LogP contribution in [0.4, 0.5) is 0 Å². The average Bonchev–Trinajstić information content (AvgIpc) is 3.40. The van der Waals surface area contributed by atoms with Gasteiger partial charge >= 0.3 is 0 Å². The van der Waals surface area contributed by atoms with E-state index in [1.165, 1.54) is 87.1 Å². The molecule has 0 saturated carbocycles. The van der Waals surface area contributed by atoms with Crippen molar-refractivity contribution in [1.82, 2.24) is 4.57 Å². The molecule has 0 fully saturated rings. The molecule has 220 valence electrons. The maximum Gasteiger partial charge on any atom is 0.0491 e. The van der Waals surface area contributed by atoms with Crippen LogP contribution in [0.2, 0.25) is 0 Å². The third kappa shape index (κ3) is 4.46. The predicted octanol–water partition coefficient (Wildman–Crippen LogP) is 11.8. The highest BCUT2D eigenvalue weighted by Gasteiger charge is 2.15. The highest BCUT2D eigenvalue weighted by atomic mass is 35.5. The van der Waals surface area contributed by atoms with Gasteiger partial charge in [-0.05, 0) is 115 Å². The molecule has 0 N–H and O–H groups in total. The second-order valence-corrected chi connectivity index (χ2v) is 12.9. The fourth-order valence-corrected chi connectivity index (χ4v) is 7.92. The molecule has 0 aliphatic carbocycles. The van der Waals surface area contributed by atoms with E-state index in [9.17, 15) is 0 Å². The Balaban J connectivity index is 1.21. The van der Waals surface area contributed by atoms with Crippen LogP contribution in [0.15, 0.2) is 146 Å². The number of rotatable bonds is 6. The van der Waals surface area contributed by atoms with Gasteiger partial charge in [0.15, 0.2) is 0 Å². The lowest BCUT2D eigenvalue weighted by Crippen LogP contribution is -1.99. The monoisotopic (exact) mass is 609 g/mol. The molecular formula is C44H32ClN. The summed E-state index contributed by atoms with van der Waals surface area (Å²) in [7, 11) is 0. The van der Waals surface area contributed by atoms with Crippen molar-refractivity contribution in [2.24, 2.45) is 0 Å². The Kier molecular flexibility index (Phi) is 6.54. The Bertz CT molecular complexity index is 2320. The number of nitrogens with zero attached hydrogens (tertiary/aromatic N) is 1. The fraction of sp³-hybridized carbons (Fsp3) is 0.0909. The van der Waals surface area contributed by atoms with E-state index in [2.05, 4.69) is 150 Å². The molecule has 0 bridgehead atoms. The van der Waals surface area contributed by atoms with E-state index in [1.54, 1.807) is 0 Å². The van der Waals surface area contributed by atoms with Crippen LogP contribution in [0.3, 0.4) is 0 Å². The second-order valence-electron chi connectivity index (χ2n) is 12.5. The number of halogens is 1. The van der Waals surface area contributed by atoms with Gasteiger partial charge in [-0.3, -0.25) is 0 Å². The first-order chi connectivity index (χ1) is 22.7. The summed E-state index contributed by atoms with van der Waals surface area (Å²) < 4.78 is 2.39. The molecule has 1 aromatic heterocycles. The summed E-state index contributed by atoms with van der Waals surface area (Å²) in [5.41, 5.74) is 7.92. The molecule has 8 aromatic carbocycles. The number of aryl methyl sites for hydroxylation is 1. The summed E-state index contributed by atoms with van der Waals surface area (Å²) in [6.07, 6.45) is 1.75. The Hall–Kier alpha value is -5.11. The highest BCUT2D eigenvalue weighted by Crippen LogP contribution is 2.36. The van der Waals surface area contributed by atoms with Gasteiger partial charge in [0.25, 0.3) is 0 Å². The summed E-state index contributed by atoms with van der Waals surface area (Å²) in [6, 6.07) is 53.9. The van der Waals surface area contributed by atoms with Gasteiger partial charge in [0.05, 0.1) is 0 Å². The molecular weight excluding hydrogens is 578 g/mol. The van der Waals surface area contributed by atoms with Crippen LogP contribution in [0.25, 0.3) is 64.9 Å². The van der Waals surface area contributed by atoms with Crippen LogP contribution in [-0.2, 0) is 19.4 Å². The largest absolute Gasteiger partial charge is 0.339 e. The van der Waals surface area contributed by atoms with Crippen LogP contribution in [0, 0.1) is 0 Å². The van der Waals surface area contributed by atoms with Crippen molar-refractivity contribution >= 4 is 76.5 Å². The minimum Gasteiger partial charge on any atom is -0.339 e. The zero-order chi connectivity index (χ0) is 30.6. The van der Waals surface area contributed by atoms with Crippen molar-refractivity contribution in [3.63, 3.8) is 0 Å². The quantitative estimate of drug-likeness (QED) is 0.130. The van der Waals surface area contributed by atoms with Gasteiger partial charge in [-0.15, -0.1) is 11.6 Å². The second kappa shape index (κ2) is 11.1. The maximum absolute atomic E-state index is 6.37. The Labute approximate surface area is 273 Å². The highest BCUT2D eigenvalue weighted by molar-refractivity contribution is 6.18. The fourth-order valence-electron chi connectivity index (χ4n) is 7.75. The van der Waals surface area contributed by atoms with Gasteiger partial charge in [0.1, 0.15) is 0 Å². The van der Waals surface area contributed by atoms with Gasteiger partial charge in [0.2, 0.25) is 0 Å². The first-order valence-electron chi connectivity index (χ1n) is 16.1. The van der Waals surface area contributed by atoms with Crippen molar-refractivity contribution in [2.75, 3.05) is 5.88 Å². The van der Waals surface area contributed by atoms with E-state index in [-0.39, 0.29) is 0 Å². The molecule has 1 heterocycles. The number of hydrogen-bond acceptors (Lipinski definition) is 0. The number of fused-ring (bicyclic) bond motifs is 7. The van der Waals surface area contributed by atoms with Crippen LogP contribution >= 0.6 is 11.6 Å². The summed E-state index contributed by atoms with van der Waals surface area (Å²) in [5, 5.41) is 13.1. The zero-order valence-corrected chi connectivity index (χ0v) is 26.3. The predicted molar refractivity (Wildman–Crippen MR) is 199 cm³/mol. The maximum atomic E-state index is 6.37. The summed E-state index contributed by atoms with van der Waals surface area (Å²) in [4.78, 5) is 0. The normalized spacial score (nSPS) is 11.9. The smallest absolute Gasteiger partial charge is 0.0491 e. The lowest BCUT2D eigenvalue weighted by Gasteiger charge is -2.12. The van der Waals surface area contributed by atoms with Gasteiger partial charge in [-0.1, -0.05) is 109 Å². The molecule has 0 unspecified atom stereocenters. The molecule has 1 nitrogen and oxygen atoms in total. The van der Waals surface area contributed by atoms with Gasteiger partial charge in [-0.2, -0.15) is 0 Å². The Morgan fingerprint density at radius 2 is 0.761 bits per heavy atom. The molecule has 2 heteroatoms. The van der Waals surface area contributed by atoms with E-state index < -0.39 is 0 Å². The summed E-state index contributed by atoms with van der Waals surface area (Å²) >= 11 is 6.37. The number of benzene rings is 8. The van der Waals surface area contributed by atoms with Gasteiger partial charge in [-0.25, -0.2) is 0 Å². The van der Waals surface area contributed by atoms with Crippen molar-refractivity contribution in [3.8, 4) is 0 Å². The Morgan fingerprint density at radius 1 is 0.391 bits per heavy atom. The minimum absolute atomic E-state index is 0.576. The van der Waals surface area contributed by atoms with Gasteiger partial charge < -0.3 is 4.57 Å². The average molecular weight is 610 g/mol. The van der Waals surface area contributed by atoms with Gasteiger partial charge in [0, 0.05) is 34.2 Å². The van der Waals surface area contributed by atoms with Crippen molar-refractivity contribution in [2.45, 2.75) is 19.4 Å². The third-order valence-electron chi connectivity index (χ3n) is 9.83. The lowest BCUT2D eigenvalue weighted by atomic mass is 9.91. The molecule has 46 heavy (non-hydrogen) atoms. The third-order valence-corrected chi connectivity index (χ3v) is 10.00. The molecule has 0 saturated heterocycles. The molecule has 0 aliphatic rings. The van der Waals surface area contributed by atoms with E-state index >= 15 is 0 Å². The van der Waals surface area contributed by atoms with Crippen molar-refractivity contribution in [1.29, 1.82) is 0 Å². The first kappa shape index (κ1) is 27.2. The SMILES string of the molecule is ClCCn1c2ccc(Cc3c4ccccc4cc4ccccc34)cc2c2cc(Cc3c4ccccc4cc4ccccc34)ccc21. The molecule has 0 radical (unpaired) electrons. The molecule has 0 atom stereocenters. The van der Waals surface area contributed by atoms with E-state index in [0.29, 0.717) is 5.88 Å². The van der Waals surface area contributed by atoms with E-state index in [1.807, 2.05) is 0 Å². The Morgan fingerprint density at radius 3 is 1.13 bits per heavy atom. The van der Waals surface area contributed by atoms with E-state index in [0.717, 1.165) is 19.4 Å². The summed E-state index contributed by atoms with van der Waals surface area (Å²) in [6.45, 7) is 0.780. The molecule has 0 aliphatic heterocycles.